The molecule has 0 radical (unpaired) electrons. The van der Waals surface area contributed by atoms with Crippen molar-refractivity contribution in [3.05, 3.63) is 146 Å². The third-order valence-electron chi connectivity index (χ3n) is 7.47. The van der Waals surface area contributed by atoms with Gasteiger partial charge in [0.25, 0.3) is 11.2 Å². The molecule has 0 saturated heterocycles. The number of allylic oxidation sites excluding steroid dienone is 1. The van der Waals surface area contributed by atoms with E-state index in [1.165, 1.54) is 29.0 Å². The zero-order valence-electron chi connectivity index (χ0n) is 21.5. The highest BCUT2D eigenvalue weighted by molar-refractivity contribution is 7.07. The number of aromatic nitrogens is 1. The van der Waals surface area contributed by atoms with Crippen LogP contribution in [0.15, 0.2) is 92.6 Å². The molecule has 7 rings (SSSR count). The van der Waals surface area contributed by atoms with Crippen molar-refractivity contribution in [1.82, 2.24) is 4.57 Å². The van der Waals surface area contributed by atoms with Crippen LogP contribution in [0.2, 0.25) is 15.1 Å². The van der Waals surface area contributed by atoms with E-state index in [1.54, 1.807) is 22.8 Å². The van der Waals surface area contributed by atoms with Crippen molar-refractivity contribution in [2.24, 2.45) is 4.99 Å². The van der Waals surface area contributed by atoms with Crippen molar-refractivity contribution in [2.75, 3.05) is 0 Å². The summed E-state index contributed by atoms with van der Waals surface area (Å²) in [5.41, 5.74) is 5.00. The number of fused-ring (bicyclic) bond motifs is 3. The molecule has 42 heavy (non-hydrogen) atoms. The number of nitro benzene ring substituents is 1. The van der Waals surface area contributed by atoms with Crippen molar-refractivity contribution in [3.8, 4) is 11.3 Å². The van der Waals surface area contributed by atoms with Crippen LogP contribution in [0.4, 0.5) is 5.69 Å². The average Bonchev–Trinajstić information content (AvgIpc) is 3.57. The van der Waals surface area contributed by atoms with E-state index in [4.69, 9.17) is 44.2 Å². The topological polar surface area (TPSA) is 90.6 Å². The summed E-state index contributed by atoms with van der Waals surface area (Å²) in [6.45, 7) is 0. The number of thiazole rings is 1. The molecule has 0 spiro atoms. The van der Waals surface area contributed by atoms with Crippen molar-refractivity contribution in [3.63, 3.8) is 0 Å². The Kier molecular flexibility index (Phi) is 6.66. The standard InChI is InChI=1S/C31H18Cl3N3O4S/c32-22-8-4-3-7-19(22)29-20-11-9-16-5-1-2-6-18(16)28(20)35-31-36(29)30(38)27(42-31)13-17-10-12-26(41-17)21-14-24(34)25(37(39)40)15-23(21)33/h1-8,10,12-15,29H,9,11H2. The molecule has 208 valence electrons. The van der Waals surface area contributed by atoms with Gasteiger partial charge in [-0.05, 0) is 53.8 Å². The fourth-order valence-electron chi connectivity index (χ4n) is 5.57. The molecule has 3 aromatic carbocycles. The second-order valence-corrected chi connectivity index (χ2v) is 12.1. The second kappa shape index (κ2) is 10.4. The first kappa shape index (κ1) is 26.9. The molecular weight excluding hydrogens is 617 g/mol. The summed E-state index contributed by atoms with van der Waals surface area (Å²) in [5.74, 6) is 0.765. The summed E-state index contributed by atoms with van der Waals surface area (Å²) in [6.07, 6.45) is 3.27. The lowest BCUT2D eigenvalue weighted by atomic mass is 9.83. The van der Waals surface area contributed by atoms with Crippen LogP contribution in [-0.4, -0.2) is 9.49 Å². The van der Waals surface area contributed by atoms with Gasteiger partial charge in [-0.2, -0.15) is 0 Å². The molecule has 1 aliphatic heterocycles. The molecule has 2 aliphatic rings. The predicted octanol–water partition coefficient (Wildman–Crippen LogP) is 7.45. The highest BCUT2D eigenvalue weighted by Crippen LogP contribution is 2.43. The molecule has 1 atom stereocenters. The number of benzene rings is 3. The summed E-state index contributed by atoms with van der Waals surface area (Å²) in [4.78, 5) is 30.2. The van der Waals surface area contributed by atoms with Gasteiger partial charge in [-0.1, -0.05) is 88.6 Å². The quantitative estimate of drug-likeness (QED) is 0.152. The first-order valence-electron chi connectivity index (χ1n) is 12.9. The molecule has 0 N–H and O–H groups in total. The third kappa shape index (κ3) is 4.42. The van der Waals surface area contributed by atoms with E-state index in [9.17, 15) is 14.9 Å². The Morgan fingerprint density at radius 1 is 0.952 bits per heavy atom. The summed E-state index contributed by atoms with van der Waals surface area (Å²) in [6, 6.07) is 21.4. The van der Waals surface area contributed by atoms with Crippen LogP contribution in [0.1, 0.15) is 34.9 Å². The number of furan rings is 1. The van der Waals surface area contributed by atoms with Gasteiger partial charge >= 0.3 is 0 Å². The summed E-state index contributed by atoms with van der Waals surface area (Å²) in [7, 11) is 0. The minimum Gasteiger partial charge on any atom is -0.457 e. The normalized spacial score (nSPS) is 16.1. The Morgan fingerprint density at radius 2 is 1.74 bits per heavy atom. The van der Waals surface area contributed by atoms with Gasteiger partial charge in [0.05, 0.1) is 26.2 Å². The lowest BCUT2D eigenvalue weighted by Gasteiger charge is -2.31. The number of hydrogen-bond acceptors (Lipinski definition) is 6. The highest BCUT2D eigenvalue weighted by atomic mass is 35.5. The van der Waals surface area contributed by atoms with E-state index in [2.05, 4.69) is 12.1 Å². The molecule has 3 heterocycles. The van der Waals surface area contributed by atoms with Gasteiger partial charge in [0.1, 0.15) is 16.5 Å². The smallest absolute Gasteiger partial charge is 0.289 e. The van der Waals surface area contributed by atoms with E-state index in [-0.39, 0.29) is 21.3 Å². The molecule has 0 saturated carbocycles. The van der Waals surface area contributed by atoms with Crippen LogP contribution in [0, 0.1) is 10.1 Å². The SMILES string of the molecule is O=c1c(=Cc2ccc(-c3cc(Cl)c([N+](=O)[O-])cc3Cl)o2)sc2n1C(c1ccccc1Cl)C1=C(N=2)c2ccccc2CC1. The van der Waals surface area contributed by atoms with Gasteiger partial charge < -0.3 is 4.42 Å². The Labute approximate surface area is 257 Å². The van der Waals surface area contributed by atoms with Crippen molar-refractivity contribution in [2.45, 2.75) is 18.9 Å². The molecule has 7 nitrogen and oxygen atoms in total. The van der Waals surface area contributed by atoms with Crippen LogP contribution < -0.4 is 14.9 Å². The van der Waals surface area contributed by atoms with E-state index in [0.29, 0.717) is 31.4 Å². The lowest BCUT2D eigenvalue weighted by molar-refractivity contribution is -0.384. The maximum absolute atomic E-state index is 14.0. The minimum absolute atomic E-state index is 0.0595. The van der Waals surface area contributed by atoms with Gasteiger partial charge in [0.15, 0.2) is 4.80 Å². The van der Waals surface area contributed by atoms with E-state index in [1.807, 2.05) is 36.4 Å². The molecule has 1 aliphatic carbocycles. The monoisotopic (exact) mass is 633 g/mol. The predicted molar refractivity (Wildman–Crippen MR) is 165 cm³/mol. The van der Waals surface area contributed by atoms with Crippen LogP contribution >= 0.6 is 46.1 Å². The van der Waals surface area contributed by atoms with E-state index in [0.717, 1.165) is 35.2 Å². The van der Waals surface area contributed by atoms with Gasteiger partial charge in [-0.15, -0.1) is 0 Å². The summed E-state index contributed by atoms with van der Waals surface area (Å²) in [5, 5.41) is 11.9. The number of aryl methyl sites for hydroxylation is 1. The van der Waals surface area contributed by atoms with Gasteiger partial charge in [-0.3, -0.25) is 19.5 Å². The second-order valence-electron chi connectivity index (χ2n) is 9.88. The number of halogens is 3. The number of nitrogens with zero attached hydrogens (tertiary/aromatic N) is 3. The Hall–Kier alpha value is -3.95. The third-order valence-corrected chi connectivity index (χ3v) is 9.41. The maximum Gasteiger partial charge on any atom is 0.289 e. The first-order valence-corrected chi connectivity index (χ1v) is 14.9. The van der Waals surface area contributed by atoms with Crippen molar-refractivity contribution in [1.29, 1.82) is 0 Å². The Morgan fingerprint density at radius 3 is 2.55 bits per heavy atom. The molecule has 1 unspecified atom stereocenters. The summed E-state index contributed by atoms with van der Waals surface area (Å²) >= 11 is 20.4. The Bertz CT molecular complexity index is 2160. The van der Waals surface area contributed by atoms with Crippen LogP contribution in [-0.2, 0) is 6.42 Å². The highest BCUT2D eigenvalue weighted by Gasteiger charge is 2.33. The van der Waals surface area contributed by atoms with Crippen LogP contribution in [0.25, 0.3) is 23.1 Å². The van der Waals surface area contributed by atoms with Crippen LogP contribution in [0.5, 0.6) is 0 Å². The minimum atomic E-state index is -0.600. The van der Waals surface area contributed by atoms with Gasteiger partial charge in [-0.25, -0.2) is 4.99 Å². The van der Waals surface area contributed by atoms with Crippen molar-refractivity contribution >= 4 is 63.6 Å². The molecule has 0 fully saturated rings. The van der Waals surface area contributed by atoms with E-state index < -0.39 is 11.0 Å². The number of nitro groups is 1. The van der Waals surface area contributed by atoms with Crippen LogP contribution in [0.3, 0.4) is 0 Å². The lowest BCUT2D eigenvalue weighted by Crippen LogP contribution is -2.38. The van der Waals surface area contributed by atoms with Gasteiger partial charge in [0.2, 0.25) is 0 Å². The molecule has 0 amide bonds. The average molecular weight is 635 g/mol. The van der Waals surface area contributed by atoms with Gasteiger partial charge in [0, 0.05) is 28.3 Å². The molecule has 2 aromatic heterocycles. The largest absolute Gasteiger partial charge is 0.457 e. The number of rotatable bonds is 4. The Balaban J connectivity index is 1.38. The molecule has 5 aromatic rings. The molecular formula is C31H18Cl3N3O4S. The zero-order chi connectivity index (χ0) is 29.1. The molecule has 0 bridgehead atoms. The fourth-order valence-corrected chi connectivity index (χ4v) is 7.27. The number of hydrogen-bond donors (Lipinski definition) is 0. The first-order chi connectivity index (χ1) is 20.3. The zero-order valence-corrected chi connectivity index (χ0v) is 24.6. The maximum atomic E-state index is 14.0. The van der Waals surface area contributed by atoms with Crippen molar-refractivity contribution < 1.29 is 9.34 Å². The fraction of sp³-hybridized carbons (Fsp3) is 0.0968. The summed E-state index contributed by atoms with van der Waals surface area (Å²) < 4.78 is 8.16. The van der Waals surface area contributed by atoms with E-state index >= 15 is 0 Å². The molecule has 11 heteroatoms.